The smallest absolute Gasteiger partial charge is 0.163 e. The van der Waals surface area contributed by atoms with Crippen molar-refractivity contribution in [3.8, 4) is 0 Å². The van der Waals surface area contributed by atoms with Gasteiger partial charge in [0, 0.05) is 6.20 Å². The fourth-order valence-corrected chi connectivity index (χ4v) is 1.54. The van der Waals surface area contributed by atoms with Crippen molar-refractivity contribution < 1.29 is 9.47 Å². The Bertz CT molecular complexity index is 322. The van der Waals surface area contributed by atoms with Crippen molar-refractivity contribution in [2.24, 2.45) is 0 Å². The predicted molar refractivity (Wildman–Crippen MR) is 51.5 cm³/mol. The monoisotopic (exact) mass is 197 g/mol. The SMILES string of the molecule is CC1(C)OCC(Cn2ccc(N)n2)O1. The van der Waals surface area contributed by atoms with Crippen LogP contribution in [0.4, 0.5) is 5.82 Å². The van der Waals surface area contributed by atoms with E-state index in [0.29, 0.717) is 19.0 Å². The lowest BCUT2D eigenvalue weighted by Crippen LogP contribution is -2.24. The summed E-state index contributed by atoms with van der Waals surface area (Å²) in [5.41, 5.74) is 5.50. The Hall–Kier alpha value is -1.07. The van der Waals surface area contributed by atoms with E-state index in [1.54, 1.807) is 10.7 Å². The van der Waals surface area contributed by atoms with Gasteiger partial charge in [-0.15, -0.1) is 0 Å². The lowest BCUT2D eigenvalue weighted by Gasteiger charge is -2.16. The van der Waals surface area contributed by atoms with E-state index in [1.807, 2.05) is 20.0 Å². The molecule has 1 aliphatic rings. The third kappa shape index (κ3) is 2.05. The minimum absolute atomic E-state index is 0.0595. The van der Waals surface area contributed by atoms with Crippen molar-refractivity contribution in [3.63, 3.8) is 0 Å². The first-order chi connectivity index (χ1) is 6.55. The summed E-state index contributed by atoms with van der Waals surface area (Å²) < 4.78 is 12.8. The molecule has 0 bridgehead atoms. The summed E-state index contributed by atoms with van der Waals surface area (Å²) in [6.07, 6.45) is 1.90. The zero-order chi connectivity index (χ0) is 10.2. The predicted octanol–water partition coefficient (Wildman–Crippen LogP) is 0.617. The van der Waals surface area contributed by atoms with Gasteiger partial charge in [0.05, 0.1) is 13.2 Å². The summed E-state index contributed by atoms with van der Waals surface area (Å²) in [5, 5.41) is 4.08. The van der Waals surface area contributed by atoms with E-state index in [0.717, 1.165) is 0 Å². The molecule has 1 aromatic heterocycles. The highest BCUT2D eigenvalue weighted by Gasteiger charge is 2.32. The van der Waals surface area contributed by atoms with Gasteiger partial charge >= 0.3 is 0 Å². The molecule has 2 rings (SSSR count). The van der Waals surface area contributed by atoms with Crippen LogP contribution >= 0.6 is 0 Å². The van der Waals surface area contributed by atoms with Crippen molar-refractivity contribution in [1.82, 2.24) is 9.78 Å². The van der Waals surface area contributed by atoms with E-state index in [9.17, 15) is 0 Å². The molecule has 1 saturated heterocycles. The minimum Gasteiger partial charge on any atom is -0.382 e. The average molecular weight is 197 g/mol. The number of anilines is 1. The number of aromatic nitrogens is 2. The van der Waals surface area contributed by atoms with Gasteiger partial charge in [-0.3, -0.25) is 4.68 Å². The molecule has 2 N–H and O–H groups in total. The van der Waals surface area contributed by atoms with Crippen LogP contribution in [0.25, 0.3) is 0 Å². The molecule has 0 saturated carbocycles. The Morgan fingerprint density at radius 2 is 2.50 bits per heavy atom. The molecule has 0 amide bonds. The first-order valence-corrected chi connectivity index (χ1v) is 4.66. The summed E-state index contributed by atoms with van der Waals surface area (Å²) in [4.78, 5) is 0. The standard InChI is InChI=1S/C9H15N3O2/c1-9(2)13-6-7(14-9)5-12-4-3-8(10)11-12/h3-4,7H,5-6H2,1-2H3,(H2,10,11). The van der Waals surface area contributed by atoms with E-state index in [-0.39, 0.29) is 6.10 Å². The van der Waals surface area contributed by atoms with Crippen LogP contribution in [0.15, 0.2) is 12.3 Å². The van der Waals surface area contributed by atoms with Crippen LogP contribution in [-0.4, -0.2) is 28.3 Å². The third-order valence-electron chi connectivity index (χ3n) is 2.12. The van der Waals surface area contributed by atoms with E-state index in [1.165, 1.54) is 0 Å². The van der Waals surface area contributed by atoms with Crippen LogP contribution < -0.4 is 5.73 Å². The molecule has 0 aromatic carbocycles. The van der Waals surface area contributed by atoms with Gasteiger partial charge < -0.3 is 15.2 Å². The normalized spacial score (nSPS) is 25.4. The van der Waals surface area contributed by atoms with Crippen molar-refractivity contribution in [3.05, 3.63) is 12.3 Å². The van der Waals surface area contributed by atoms with Gasteiger partial charge in [-0.2, -0.15) is 5.10 Å². The highest BCUT2D eigenvalue weighted by molar-refractivity contribution is 5.23. The third-order valence-corrected chi connectivity index (χ3v) is 2.12. The molecule has 2 heterocycles. The molecule has 0 aliphatic carbocycles. The molecule has 78 valence electrons. The molecular weight excluding hydrogens is 182 g/mol. The molecule has 5 heteroatoms. The average Bonchev–Trinajstić information content (AvgIpc) is 2.59. The molecule has 1 aliphatic heterocycles. The zero-order valence-electron chi connectivity index (χ0n) is 8.43. The first kappa shape index (κ1) is 9.48. The fraction of sp³-hybridized carbons (Fsp3) is 0.667. The van der Waals surface area contributed by atoms with Gasteiger partial charge in [-0.1, -0.05) is 0 Å². The van der Waals surface area contributed by atoms with E-state index in [2.05, 4.69) is 5.10 Å². The van der Waals surface area contributed by atoms with Crippen LogP contribution in [0.5, 0.6) is 0 Å². The second kappa shape index (κ2) is 3.25. The van der Waals surface area contributed by atoms with Crippen molar-refractivity contribution in [2.45, 2.75) is 32.3 Å². The molecule has 5 nitrogen and oxygen atoms in total. The highest BCUT2D eigenvalue weighted by Crippen LogP contribution is 2.22. The van der Waals surface area contributed by atoms with E-state index >= 15 is 0 Å². The molecule has 1 fully saturated rings. The number of nitrogen functional groups attached to an aromatic ring is 1. The number of rotatable bonds is 2. The molecule has 1 atom stereocenters. The maximum Gasteiger partial charge on any atom is 0.163 e. The highest BCUT2D eigenvalue weighted by atomic mass is 16.7. The van der Waals surface area contributed by atoms with Gasteiger partial charge in [-0.25, -0.2) is 0 Å². The Morgan fingerprint density at radius 1 is 1.71 bits per heavy atom. The van der Waals surface area contributed by atoms with Gasteiger partial charge in [0.25, 0.3) is 0 Å². The summed E-state index contributed by atoms with van der Waals surface area (Å²) in [5.74, 6) is 0.0618. The minimum atomic E-state index is -0.469. The molecule has 1 aromatic rings. The first-order valence-electron chi connectivity index (χ1n) is 4.66. The van der Waals surface area contributed by atoms with Crippen molar-refractivity contribution >= 4 is 5.82 Å². The summed E-state index contributed by atoms with van der Waals surface area (Å²) in [7, 11) is 0. The van der Waals surface area contributed by atoms with Crippen LogP contribution in [0.3, 0.4) is 0 Å². The Labute approximate surface area is 82.8 Å². The van der Waals surface area contributed by atoms with Crippen LogP contribution in [0.2, 0.25) is 0 Å². The summed E-state index contributed by atoms with van der Waals surface area (Å²) in [6.45, 7) is 5.10. The number of nitrogens with two attached hydrogens (primary N) is 1. The maximum absolute atomic E-state index is 5.64. The van der Waals surface area contributed by atoms with Crippen molar-refractivity contribution in [1.29, 1.82) is 0 Å². The molecule has 0 spiro atoms. The van der Waals surface area contributed by atoms with Gasteiger partial charge in [0.2, 0.25) is 0 Å². The quantitative estimate of drug-likeness (QED) is 0.754. The zero-order valence-corrected chi connectivity index (χ0v) is 8.43. The molecule has 14 heavy (non-hydrogen) atoms. The lowest BCUT2D eigenvalue weighted by molar-refractivity contribution is -0.139. The maximum atomic E-state index is 5.64. The Balaban J connectivity index is 1.94. The Morgan fingerprint density at radius 3 is 3.00 bits per heavy atom. The molecule has 1 unspecified atom stereocenters. The largest absolute Gasteiger partial charge is 0.382 e. The Kier molecular flexibility index (Phi) is 2.20. The second-order valence-electron chi connectivity index (χ2n) is 3.91. The number of hydrogen-bond acceptors (Lipinski definition) is 4. The lowest BCUT2D eigenvalue weighted by atomic mass is 10.4. The van der Waals surface area contributed by atoms with Gasteiger partial charge in [0.1, 0.15) is 11.9 Å². The van der Waals surface area contributed by atoms with Gasteiger partial charge in [-0.05, 0) is 19.9 Å². The van der Waals surface area contributed by atoms with E-state index in [4.69, 9.17) is 15.2 Å². The number of nitrogens with zero attached hydrogens (tertiary/aromatic N) is 2. The topological polar surface area (TPSA) is 62.3 Å². The summed E-state index contributed by atoms with van der Waals surface area (Å²) >= 11 is 0. The number of hydrogen-bond donors (Lipinski definition) is 1. The van der Waals surface area contributed by atoms with E-state index < -0.39 is 5.79 Å². The molecular formula is C9H15N3O2. The van der Waals surface area contributed by atoms with Crippen LogP contribution in [0.1, 0.15) is 13.8 Å². The van der Waals surface area contributed by atoms with Crippen LogP contribution in [-0.2, 0) is 16.0 Å². The number of ether oxygens (including phenoxy) is 2. The van der Waals surface area contributed by atoms with Crippen LogP contribution in [0, 0.1) is 0 Å². The molecule has 0 radical (unpaired) electrons. The summed E-state index contributed by atoms with van der Waals surface area (Å²) in [6, 6.07) is 1.76. The fourth-order valence-electron chi connectivity index (χ4n) is 1.54. The second-order valence-corrected chi connectivity index (χ2v) is 3.91. The van der Waals surface area contributed by atoms with Gasteiger partial charge in [0.15, 0.2) is 5.79 Å². The van der Waals surface area contributed by atoms with Crippen molar-refractivity contribution in [2.75, 3.05) is 12.3 Å².